The van der Waals surface area contributed by atoms with Crippen LogP contribution in [0.1, 0.15) is 12.0 Å². The number of alkyl halides is 3. The molecule has 0 spiro atoms. The van der Waals surface area contributed by atoms with Gasteiger partial charge < -0.3 is 4.74 Å². The highest BCUT2D eigenvalue weighted by Gasteiger charge is 2.37. The third kappa shape index (κ3) is 4.14. The van der Waals surface area contributed by atoms with Gasteiger partial charge in [-0.3, -0.25) is 4.79 Å². The molecule has 1 amide bonds. The summed E-state index contributed by atoms with van der Waals surface area (Å²) in [5.41, 5.74) is 0.183. The van der Waals surface area contributed by atoms with E-state index >= 15 is 0 Å². The van der Waals surface area contributed by atoms with Crippen molar-refractivity contribution < 1.29 is 31.1 Å². The molecular formula is C13H15F3N2O4S. The van der Waals surface area contributed by atoms with Crippen LogP contribution in [0.3, 0.4) is 0 Å². The predicted molar refractivity (Wildman–Crippen MR) is 74.7 cm³/mol. The molecule has 23 heavy (non-hydrogen) atoms. The highest BCUT2D eigenvalue weighted by Crippen LogP contribution is 2.27. The summed E-state index contributed by atoms with van der Waals surface area (Å²) < 4.78 is 66.4. The van der Waals surface area contributed by atoms with Crippen molar-refractivity contribution in [2.45, 2.75) is 19.2 Å². The molecule has 0 aliphatic carbocycles. The van der Waals surface area contributed by atoms with Crippen molar-refractivity contribution in [2.75, 3.05) is 20.1 Å². The Kier molecular flexibility index (Phi) is 4.85. The molecule has 6 nitrogen and oxygen atoms in total. The zero-order chi connectivity index (χ0) is 17.3. The van der Waals surface area contributed by atoms with Crippen molar-refractivity contribution in [3.63, 3.8) is 0 Å². The SMILES string of the molecule is CN1CCN(C(=O)CCc2ccccc2OC(F)(F)F)S1(=O)=O. The number of para-hydroxylation sites is 1. The van der Waals surface area contributed by atoms with Gasteiger partial charge in [-0.25, -0.2) is 4.31 Å². The van der Waals surface area contributed by atoms with E-state index in [9.17, 15) is 26.4 Å². The lowest BCUT2D eigenvalue weighted by Crippen LogP contribution is -2.35. The van der Waals surface area contributed by atoms with Gasteiger partial charge in [-0.05, 0) is 18.1 Å². The van der Waals surface area contributed by atoms with Crippen molar-refractivity contribution in [1.29, 1.82) is 0 Å². The topological polar surface area (TPSA) is 66.9 Å². The van der Waals surface area contributed by atoms with Crippen molar-refractivity contribution >= 4 is 16.1 Å². The number of likely N-dealkylation sites (N-methyl/N-ethyl adjacent to an activating group) is 1. The van der Waals surface area contributed by atoms with Gasteiger partial charge in [0.2, 0.25) is 5.91 Å². The van der Waals surface area contributed by atoms with Gasteiger partial charge >= 0.3 is 16.6 Å². The lowest BCUT2D eigenvalue weighted by atomic mass is 10.1. The monoisotopic (exact) mass is 352 g/mol. The van der Waals surface area contributed by atoms with Crippen LogP contribution in [0.15, 0.2) is 24.3 Å². The average Bonchev–Trinajstić information content (AvgIpc) is 2.70. The zero-order valence-corrected chi connectivity index (χ0v) is 13.0. The van der Waals surface area contributed by atoms with E-state index in [-0.39, 0.29) is 31.5 Å². The molecule has 0 bridgehead atoms. The van der Waals surface area contributed by atoms with Crippen LogP contribution in [-0.4, -0.2) is 49.4 Å². The lowest BCUT2D eigenvalue weighted by Gasteiger charge is -2.17. The second-order valence-electron chi connectivity index (χ2n) is 4.95. The summed E-state index contributed by atoms with van der Waals surface area (Å²) in [6.45, 7) is 0.236. The molecular weight excluding hydrogens is 337 g/mol. The smallest absolute Gasteiger partial charge is 0.406 e. The summed E-state index contributed by atoms with van der Waals surface area (Å²) in [5, 5.41) is 0. The second-order valence-corrected chi connectivity index (χ2v) is 6.91. The van der Waals surface area contributed by atoms with E-state index in [0.29, 0.717) is 0 Å². The van der Waals surface area contributed by atoms with E-state index in [0.717, 1.165) is 14.7 Å². The van der Waals surface area contributed by atoms with Crippen LogP contribution in [0, 0.1) is 0 Å². The molecule has 10 heteroatoms. The number of hydrogen-bond donors (Lipinski definition) is 0. The van der Waals surface area contributed by atoms with Crippen LogP contribution in [0.4, 0.5) is 13.2 Å². The molecule has 0 saturated carbocycles. The quantitative estimate of drug-likeness (QED) is 0.824. The van der Waals surface area contributed by atoms with Gasteiger partial charge in [0.25, 0.3) is 0 Å². The van der Waals surface area contributed by atoms with Crippen LogP contribution >= 0.6 is 0 Å². The Morgan fingerprint density at radius 1 is 1.26 bits per heavy atom. The van der Waals surface area contributed by atoms with Crippen LogP contribution in [0.5, 0.6) is 5.75 Å². The van der Waals surface area contributed by atoms with Crippen LogP contribution < -0.4 is 4.74 Å². The molecule has 1 aromatic carbocycles. The van der Waals surface area contributed by atoms with Crippen LogP contribution in [0.25, 0.3) is 0 Å². The molecule has 0 radical (unpaired) electrons. The van der Waals surface area contributed by atoms with Gasteiger partial charge in [0.05, 0.1) is 6.54 Å². The largest absolute Gasteiger partial charge is 0.573 e. The van der Waals surface area contributed by atoms with Crippen molar-refractivity contribution in [3.8, 4) is 5.75 Å². The Bertz CT molecular complexity index is 691. The normalized spacial score (nSPS) is 18.2. The van der Waals surface area contributed by atoms with E-state index in [1.54, 1.807) is 0 Å². The number of hydrogen-bond acceptors (Lipinski definition) is 4. The maximum Gasteiger partial charge on any atom is 0.573 e. The number of benzene rings is 1. The minimum atomic E-state index is -4.83. The first-order chi connectivity index (χ1) is 10.6. The van der Waals surface area contributed by atoms with Gasteiger partial charge in [0.15, 0.2) is 0 Å². The molecule has 1 saturated heterocycles. The fourth-order valence-electron chi connectivity index (χ4n) is 2.18. The molecule has 1 aliphatic heterocycles. The number of rotatable bonds is 4. The standard InChI is InChI=1S/C13H15F3N2O4S/c1-17-8-9-18(23(17,20)21)12(19)7-6-10-4-2-3-5-11(10)22-13(14,15)16/h2-5H,6-9H2,1H3. The molecule has 1 aliphatic rings. The van der Waals surface area contributed by atoms with Crippen molar-refractivity contribution in [1.82, 2.24) is 8.61 Å². The molecule has 0 aromatic heterocycles. The molecule has 2 rings (SSSR count). The highest BCUT2D eigenvalue weighted by atomic mass is 32.2. The second kappa shape index (κ2) is 6.36. The van der Waals surface area contributed by atoms with E-state index in [1.807, 2.05) is 0 Å². The average molecular weight is 352 g/mol. The Morgan fingerprint density at radius 3 is 2.48 bits per heavy atom. The van der Waals surface area contributed by atoms with Gasteiger partial charge in [-0.2, -0.15) is 12.7 Å². The zero-order valence-electron chi connectivity index (χ0n) is 12.2. The third-order valence-corrected chi connectivity index (χ3v) is 5.29. The summed E-state index contributed by atoms with van der Waals surface area (Å²) in [6.07, 6.45) is -5.12. The Labute approximate surface area is 131 Å². The minimum absolute atomic E-state index is 0.0400. The molecule has 128 valence electrons. The number of amides is 1. The van der Waals surface area contributed by atoms with Gasteiger partial charge in [-0.15, -0.1) is 13.2 Å². The van der Waals surface area contributed by atoms with E-state index in [2.05, 4.69) is 4.74 Å². The number of carbonyl (C=O) groups excluding carboxylic acids is 1. The van der Waals surface area contributed by atoms with Gasteiger partial charge in [-0.1, -0.05) is 18.2 Å². The summed E-state index contributed by atoms with van der Waals surface area (Å²) in [7, 11) is -2.45. The highest BCUT2D eigenvalue weighted by molar-refractivity contribution is 7.87. The Morgan fingerprint density at radius 2 is 1.91 bits per heavy atom. The fourth-order valence-corrected chi connectivity index (χ4v) is 3.49. The summed E-state index contributed by atoms with van der Waals surface area (Å²) in [5.74, 6) is -1.05. The molecule has 1 fully saturated rings. The number of halogens is 3. The summed E-state index contributed by atoms with van der Waals surface area (Å²) in [4.78, 5) is 12.0. The number of aryl methyl sites for hydroxylation is 1. The molecule has 0 N–H and O–H groups in total. The summed E-state index contributed by atoms with van der Waals surface area (Å²) >= 11 is 0. The van der Waals surface area contributed by atoms with Gasteiger partial charge in [0, 0.05) is 20.0 Å². The van der Waals surface area contributed by atoms with E-state index in [1.165, 1.54) is 25.2 Å². The van der Waals surface area contributed by atoms with Crippen LogP contribution in [0.2, 0.25) is 0 Å². The molecule has 1 heterocycles. The number of carbonyl (C=O) groups is 1. The first kappa shape index (κ1) is 17.5. The third-order valence-electron chi connectivity index (χ3n) is 3.38. The lowest BCUT2D eigenvalue weighted by molar-refractivity contribution is -0.274. The number of ether oxygens (including phenoxy) is 1. The number of nitrogens with zero attached hydrogens (tertiary/aromatic N) is 2. The van der Waals surface area contributed by atoms with E-state index < -0.39 is 28.2 Å². The van der Waals surface area contributed by atoms with Crippen molar-refractivity contribution in [3.05, 3.63) is 29.8 Å². The molecule has 0 atom stereocenters. The predicted octanol–water partition coefficient (Wildman–Crippen LogP) is 1.54. The Hall–Kier alpha value is -1.81. The van der Waals surface area contributed by atoms with Crippen LogP contribution in [-0.2, 0) is 21.4 Å². The van der Waals surface area contributed by atoms with Gasteiger partial charge in [0.1, 0.15) is 5.75 Å². The molecule has 1 aromatic rings. The molecule has 0 unspecified atom stereocenters. The minimum Gasteiger partial charge on any atom is -0.406 e. The summed E-state index contributed by atoms with van der Waals surface area (Å²) in [6, 6.07) is 5.45. The fraction of sp³-hybridized carbons (Fsp3) is 0.462. The maximum atomic E-state index is 12.3. The van der Waals surface area contributed by atoms with Crippen molar-refractivity contribution in [2.24, 2.45) is 0 Å². The Balaban J connectivity index is 2.06. The first-order valence-corrected chi connectivity index (χ1v) is 8.11. The maximum absolute atomic E-state index is 12.3. The van der Waals surface area contributed by atoms with E-state index in [4.69, 9.17) is 0 Å². The first-order valence-electron chi connectivity index (χ1n) is 6.72.